The molecule has 0 aromatic heterocycles. The Bertz CT molecular complexity index is 354. The van der Waals surface area contributed by atoms with E-state index >= 15 is 0 Å². The minimum absolute atomic E-state index is 0.176. The van der Waals surface area contributed by atoms with Crippen LogP contribution >= 0.6 is 0 Å². The highest BCUT2D eigenvalue weighted by molar-refractivity contribution is 5.29. The molecule has 0 radical (unpaired) electrons. The van der Waals surface area contributed by atoms with Gasteiger partial charge in [-0.2, -0.15) is 13.2 Å². The van der Waals surface area contributed by atoms with Gasteiger partial charge in [0.05, 0.1) is 6.61 Å². The predicted octanol–water partition coefficient (Wildman–Crippen LogP) is 2.61. The topological polar surface area (TPSA) is 12.5 Å². The molecule has 1 saturated heterocycles. The van der Waals surface area contributed by atoms with Crippen molar-refractivity contribution in [1.82, 2.24) is 0 Å². The minimum atomic E-state index is -4.49. The average molecular weight is 206 g/mol. The summed E-state index contributed by atoms with van der Waals surface area (Å²) >= 11 is 0. The molecular formula is C9H6F4O. The van der Waals surface area contributed by atoms with Crippen LogP contribution in [0.4, 0.5) is 17.6 Å². The van der Waals surface area contributed by atoms with Gasteiger partial charge in [0.15, 0.2) is 0 Å². The molecule has 1 nitrogen and oxygen atoms in total. The normalized spacial score (nSPS) is 26.3. The maximum absolute atomic E-state index is 12.7. The van der Waals surface area contributed by atoms with Crippen molar-refractivity contribution in [2.45, 2.75) is 11.8 Å². The molecule has 1 aromatic rings. The summed E-state index contributed by atoms with van der Waals surface area (Å²) in [4.78, 5) is 0. The third-order valence-corrected chi connectivity index (χ3v) is 2.18. The van der Waals surface area contributed by atoms with Crippen LogP contribution in [0.25, 0.3) is 0 Å². The van der Waals surface area contributed by atoms with E-state index in [1.165, 1.54) is 12.1 Å². The summed E-state index contributed by atoms with van der Waals surface area (Å²) in [6.07, 6.45) is -4.49. The molecule has 5 heteroatoms. The Morgan fingerprint density at radius 3 is 2.36 bits per heavy atom. The van der Waals surface area contributed by atoms with Gasteiger partial charge < -0.3 is 4.74 Å². The van der Waals surface area contributed by atoms with Gasteiger partial charge in [-0.15, -0.1) is 0 Å². The summed E-state index contributed by atoms with van der Waals surface area (Å²) in [5.41, 5.74) is -2.44. The zero-order valence-electron chi connectivity index (χ0n) is 6.94. The average Bonchev–Trinajstić information content (AvgIpc) is 2.82. The maximum Gasteiger partial charge on any atom is 0.424 e. The van der Waals surface area contributed by atoms with Crippen molar-refractivity contribution in [1.29, 1.82) is 0 Å². The van der Waals surface area contributed by atoms with Crippen molar-refractivity contribution in [3.05, 3.63) is 35.6 Å². The van der Waals surface area contributed by atoms with Crippen LogP contribution in [0.1, 0.15) is 5.56 Å². The summed E-state index contributed by atoms with van der Waals surface area (Å²) < 4.78 is 54.5. The van der Waals surface area contributed by atoms with E-state index in [9.17, 15) is 17.6 Å². The van der Waals surface area contributed by atoms with Crippen LogP contribution in [0.2, 0.25) is 0 Å². The van der Waals surface area contributed by atoms with Crippen LogP contribution in [-0.4, -0.2) is 12.8 Å². The molecule has 0 saturated carbocycles. The number of halogens is 4. The van der Waals surface area contributed by atoms with E-state index < -0.39 is 24.2 Å². The third-order valence-electron chi connectivity index (χ3n) is 2.18. The molecular weight excluding hydrogens is 200 g/mol. The molecule has 2 rings (SSSR count). The van der Waals surface area contributed by atoms with Gasteiger partial charge in [-0.25, -0.2) is 4.39 Å². The molecule has 76 valence electrons. The second kappa shape index (κ2) is 2.70. The monoisotopic (exact) mass is 206 g/mol. The zero-order valence-corrected chi connectivity index (χ0v) is 6.94. The summed E-state index contributed by atoms with van der Waals surface area (Å²) in [6, 6.07) is 4.39. The van der Waals surface area contributed by atoms with Crippen molar-refractivity contribution in [3.8, 4) is 0 Å². The molecule has 1 fully saturated rings. The lowest BCUT2D eigenvalue weighted by atomic mass is 9.99. The molecule has 0 amide bonds. The number of epoxide rings is 1. The highest BCUT2D eigenvalue weighted by atomic mass is 19.4. The lowest BCUT2D eigenvalue weighted by molar-refractivity contribution is -0.187. The number of hydrogen-bond donors (Lipinski definition) is 0. The quantitative estimate of drug-likeness (QED) is 0.508. The van der Waals surface area contributed by atoms with E-state index in [1.54, 1.807) is 0 Å². The van der Waals surface area contributed by atoms with Crippen LogP contribution in [0, 0.1) is 5.82 Å². The van der Waals surface area contributed by atoms with Gasteiger partial charge in [0, 0.05) is 0 Å². The predicted molar refractivity (Wildman–Crippen MR) is 40.1 cm³/mol. The summed E-state index contributed by atoms with van der Waals surface area (Å²) in [5, 5.41) is 0. The van der Waals surface area contributed by atoms with Crippen molar-refractivity contribution in [2.75, 3.05) is 6.61 Å². The Balaban J connectivity index is 2.41. The molecule has 0 bridgehead atoms. The van der Waals surface area contributed by atoms with Crippen LogP contribution < -0.4 is 0 Å². The second-order valence-electron chi connectivity index (χ2n) is 3.12. The van der Waals surface area contributed by atoms with E-state index in [1.807, 2.05) is 0 Å². The van der Waals surface area contributed by atoms with Crippen LogP contribution in [0.5, 0.6) is 0 Å². The number of ether oxygens (including phenoxy) is 1. The van der Waals surface area contributed by atoms with Gasteiger partial charge in [0.25, 0.3) is 0 Å². The van der Waals surface area contributed by atoms with Gasteiger partial charge in [-0.05, 0) is 17.7 Å². The summed E-state index contributed by atoms with van der Waals surface area (Å²) in [7, 11) is 0. The smallest absolute Gasteiger partial charge is 0.355 e. The van der Waals surface area contributed by atoms with Crippen molar-refractivity contribution in [2.24, 2.45) is 0 Å². The Labute approximate surface area is 77.3 Å². The highest BCUT2D eigenvalue weighted by Gasteiger charge is 2.67. The van der Waals surface area contributed by atoms with Crippen LogP contribution in [0.3, 0.4) is 0 Å². The van der Waals surface area contributed by atoms with Gasteiger partial charge in [0.2, 0.25) is 5.60 Å². The standard InChI is InChI=1S/C9H6F4O/c10-7-3-1-2-6(4-7)8(5-14-8)9(11,12)13/h1-4H,5H2. The molecule has 1 unspecified atom stereocenters. The van der Waals surface area contributed by atoms with Crippen LogP contribution in [-0.2, 0) is 10.3 Å². The number of alkyl halides is 3. The minimum Gasteiger partial charge on any atom is -0.355 e. The van der Waals surface area contributed by atoms with E-state index in [2.05, 4.69) is 4.74 Å². The van der Waals surface area contributed by atoms with Crippen molar-refractivity contribution >= 4 is 0 Å². The number of rotatable bonds is 1. The first-order valence-corrected chi connectivity index (χ1v) is 3.92. The zero-order chi connectivity index (χ0) is 10.4. The van der Waals surface area contributed by atoms with E-state index in [-0.39, 0.29) is 5.56 Å². The molecule has 1 aliphatic heterocycles. The van der Waals surface area contributed by atoms with Crippen molar-refractivity contribution < 1.29 is 22.3 Å². The Morgan fingerprint density at radius 2 is 1.93 bits per heavy atom. The van der Waals surface area contributed by atoms with Gasteiger partial charge in [-0.1, -0.05) is 12.1 Å². The molecule has 1 atom stereocenters. The fourth-order valence-electron chi connectivity index (χ4n) is 1.31. The largest absolute Gasteiger partial charge is 0.424 e. The van der Waals surface area contributed by atoms with E-state index in [4.69, 9.17) is 0 Å². The first kappa shape index (κ1) is 9.45. The fraction of sp³-hybridized carbons (Fsp3) is 0.333. The Kier molecular flexibility index (Phi) is 1.82. The Morgan fingerprint density at radius 1 is 1.29 bits per heavy atom. The first-order chi connectivity index (χ1) is 6.46. The molecule has 0 N–H and O–H groups in total. The van der Waals surface area contributed by atoms with Gasteiger partial charge in [-0.3, -0.25) is 0 Å². The number of hydrogen-bond acceptors (Lipinski definition) is 1. The molecule has 1 aromatic carbocycles. The molecule has 14 heavy (non-hydrogen) atoms. The first-order valence-electron chi connectivity index (χ1n) is 3.92. The lowest BCUT2D eigenvalue weighted by Crippen LogP contribution is -2.30. The lowest BCUT2D eigenvalue weighted by Gasteiger charge is -2.15. The van der Waals surface area contributed by atoms with E-state index in [0.29, 0.717) is 0 Å². The van der Waals surface area contributed by atoms with E-state index in [0.717, 1.165) is 12.1 Å². The summed E-state index contributed by atoms with van der Waals surface area (Å²) in [6.45, 7) is -0.431. The molecule has 1 aliphatic rings. The fourth-order valence-corrected chi connectivity index (χ4v) is 1.31. The second-order valence-corrected chi connectivity index (χ2v) is 3.12. The van der Waals surface area contributed by atoms with Crippen molar-refractivity contribution in [3.63, 3.8) is 0 Å². The molecule has 0 aliphatic carbocycles. The summed E-state index contributed by atoms with van der Waals surface area (Å²) in [5.74, 6) is -0.693. The molecule has 1 heterocycles. The van der Waals surface area contributed by atoms with Crippen LogP contribution in [0.15, 0.2) is 24.3 Å². The third kappa shape index (κ3) is 1.28. The molecule has 0 spiro atoms. The highest BCUT2D eigenvalue weighted by Crippen LogP contribution is 2.51. The van der Waals surface area contributed by atoms with Gasteiger partial charge >= 0.3 is 6.18 Å². The SMILES string of the molecule is Fc1cccc(C2(C(F)(F)F)CO2)c1. The Hall–Kier alpha value is -1.10. The number of benzene rings is 1. The maximum atomic E-state index is 12.7. The van der Waals surface area contributed by atoms with Gasteiger partial charge in [0.1, 0.15) is 5.82 Å².